The number of hydrogen-bond donors (Lipinski definition) is 1. The number of amides is 1. The minimum absolute atomic E-state index is 0.116. The fourth-order valence-corrected chi connectivity index (χ4v) is 5.88. The van der Waals surface area contributed by atoms with Gasteiger partial charge in [-0.1, -0.05) is 30.1 Å². The number of pyridine rings is 1. The number of esters is 1. The van der Waals surface area contributed by atoms with Gasteiger partial charge in [0, 0.05) is 24.5 Å². The number of nitrogens with zero attached hydrogens (tertiary/aromatic N) is 4. The summed E-state index contributed by atoms with van der Waals surface area (Å²) in [6, 6.07) is -0.848. The summed E-state index contributed by atoms with van der Waals surface area (Å²) in [7, 11) is 0. The third-order valence-electron chi connectivity index (χ3n) is 7.63. The first-order chi connectivity index (χ1) is 19.8. The van der Waals surface area contributed by atoms with E-state index < -0.39 is 72.1 Å². The van der Waals surface area contributed by atoms with E-state index in [-0.39, 0.29) is 47.4 Å². The Morgan fingerprint density at radius 3 is 2.23 bits per heavy atom. The maximum Gasteiger partial charge on any atom is 0.433 e. The van der Waals surface area contributed by atoms with Crippen molar-refractivity contribution in [3.05, 3.63) is 45.5 Å². The molecule has 1 N–H and O–H groups in total. The monoisotopic (exact) mass is 660 g/mol. The maximum atomic E-state index is 14.5. The molecule has 1 fully saturated rings. The topological polar surface area (TPSA) is 97.6 Å². The second-order valence-electron chi connectivity index (χ2n) is 11.3. The summed E-state index contributed by atoms with van der Waals surface area (Å²) in [6.07, 6.45) is -8.39. The SMILES string of the molecule is CCOC(=O)[C@H]1CC[C@H](n2ncc(C(=O)N(C[C@@H](O)c3c(Cl)cncc3Cl)CC(C)(C)C(F)(F)F)c2C(F)(F)F)C[C@@H]1C. The normalized spacial score (nSPS) is 20.5. The molecule has 3 rings (SSSR count). The second-order valence-corrected chi connectivity index (χ2v) is 12.1. The molecule has 16 heteroatoms. The van der Waals surface area contributed by atoms with Crippen LogP contribution in [0, 0.1) is 17.3 Å². The Kier molecular flexibility index (Phi) is 10.7. The first kappa shape index (κ1) is 34.9. The van der Waals surface area contributed by atoms with Gasteiger partial charge in [0.15, 0.2) is 5.69 Å². The number of aliphatic hydroxyl groups excluding tert-OH is 1. The van der Waals surface area contributed by atoms with Gasteiger partial charge in [0.2, 0.25) is 0 Å². The second kappa shape index (κ2) is 13.2. The van der Waals surface area contributed by atoms with Crippen LogP contribution in [0.1, 0.15) is 80.7 Å². The van der Waals surface area contributed by atoms with Gasteiger partial charge >= 0.3 is 18.3 Å². The third kappa shape index (κ3) is 7.75. The molecule has 43 heavy (non-hydrogen) atoms. The molecule has 2 aromatic heterocycles. The highest BCUT2D eigenvalue weighted by molar-refractivity contribution is 6.35. The molecule has 0 unspecified atom stereocenters. The zero-order chi connectivity index (χ0) is 32.5. The number of rotatable bonds is 9. The summed E-state index contributed by atoms with van der Waals surface area (Å²) in [4.78, 5) is 30.2. The highest BCUT2D eigenvalue weighted by Crippen LogP contribution is 2.43. The van der Waals surface area contributed by atoms with E-state index >= 15 is 0 Å². The zero-order valence-corrected chi connectivity index (χ0v) is 25.3. The first-order valence-corrected chi connectivity index (χ1v) is 14.2. The molecule has 240 valence electrons. The summed E-state index contributed by atoms with van der Waals surface area (Å²) >= 11 is 12.1. The van der Waals surface area contributed by atoms with E-state index in [2.05, 4.69) is 10.1 Å². The van der Waals surface area contributed by atoms with E-state index in [0.717, 1.165) is 26.2 Å². The van der Waals surface area contributed by atoms with Crippen LogP contribution in [-0.2, 0) is 15.7 Å². The Balaban J connectivity index is 2.02. The van der Waals surface area contributed by atoms with Crippen molar-refractivity contribution < 1.29 is 45.8 Å². The summed E-state index contributed by atoms with van der Waals surface area (Å²) in [6.45, 7) is 3.10. The van der Waals surface area contributed by atoms with Crippen molar-refractivity contribution in [3.8, 4) is 0 Å². The van der Waals surface area contributed by atoms with Crippen LogP contribution in [0.2, 0.25) is 10.0 Å². The van der Waals surface area contributed by atoms with Crippen LogP contribution in [0.4, 0.5) is 26.3 Å². The molecule has 1 aliphatic rings. The number of carbonyl (C=O) groups excluding carboxylic acids is 2. The lowest BCUT2D eigenvalue weighted by molar-refractivity contribution is -0.215. The summed E-state index contributed by atoms with van der Waals surface area (Å²) in [5, 5.41) is 14.4. The minimum Gasteiger partial charge on any atom is -0.466 e. The number of hydrogen-bond acceptors (Lipinski definition) is 6. The van der Waals surface area contributed by atoms with Gasteiger partial charge in [0.25, 0.3) is 5.91 Å². The minimum atomic E-state index is -5.12. The number of halogens is 8. The van der Waals surface area contributed by atoms with Crippen molar-refractivity contribution in [1.29, 1.82) is 0 Å². The molecule has 0 aromatic carbocycles. The van der Waals surface area contributed by atoms with Crippen LogP contribution in [0.3, 0.4) is 0 Å². The van der Waals surface area contributed by atoms with E-state index in [1.54, 1.807) is 13.8 Å². The molecule has 2 aromatic rings. The number of ether oxygens (including phenoxy) is 1. The van der Waals surface area contributed by atoms with Crippen molar-refractivity contribution in [2.45, 2.75) is 71.5 Å². The predicted octanol–water partition coefficient (Wildman–Crippen LogP) is 6.91. The molecule has 0 spiro atoms. The average molecular weight is 661 g/mol. The van der Waals surface area contributed by atoms with Crippen LogP contribution < -0.4 is 0 Å². The van der Waals surface area contributed by atoms with Gasteiger partial charge in [-0.3, -0.25) is 19.3 Å². The van der Waals surface area contributed by atoms with Gasteiger partial charge in [-0.15, -0.1) is 0 Å². The molecule has 4 atom stereocenters. The summed E-state index contributed by atoms with van der Waals surface area (Å²) in [5.41, 5.74) is -5.15. The molecular formula is C27H32Cl2F6N4O4. The standard InChI is InChI=1S/C27H32Cl2F6N4O4/c1-5-43-24(42)16-7-6-15(8-14(16)2)39-22(26(30,31)32)17(9-37-39)23(41)38(13-25(3,4)27(33,34)35)12-20(40)21-18(28)10-36-11-19(21)29/h9-11,14-16,20,40H,5-8,12-13H2,1-4H3/t14-,15-,16-,20+/m0/s1. The molecular weight excluding hydrogens is 629 g/mol. The highest BCUT2D eigenvalue weighted by Gasteiger charge is 2.50. The van der Waals surface area contributed by atoms with Gasteiger partial charge in [0.1, 0.15) is 0 Å². The molecule has 0 bridgehead atoms. The molecule has 1 saturated carbocycles. The third-order valence-corrected chi connectivity index (χ3v) is 8.23. The van der Waals surface area contributed by atoms with Crippen LogP contribution in [0.15, 0.2) is 18.6 Å². The molecule has 0 saturated heterocycles. The number of carbonyl (C=O) groups is 2. The predicted molar refractivity (Wildman–Crippen MR) is 144 cm³/mol. The van der Waals surface area contributed by atoms with Gasteiger partial charge in [-0.2, -0.15) is 31.4 Å². The Bertz CT molecular complexity index is 1300. The highest BCUT2D eigenvalue weighted by atomic mass is 35.5. The fraction of sp³-hybridized carbons (Fsp3) is 0.630. The molecule has 0 radical (unpaired) electrons. The van der Waals surface area contributed by atoms with Gasteiger partial charge in [-0.05, 0) is 46.0 Å². The molecule has 2 heterocycles. The quantitative estimate of drug-likeness (QED) is 0.232. The Hall–Kier alpha value is -2.58. The lowest BCUT2D eigenvalue weighted by Crippen LogP contribution is -2.47. The Morgan fingerprint density at radius 2 is 1.72 bits per heavy atom. The molecule has 1 amide bonds. The van der Waals surface area contributed by atoms with E-state index in [9.17, 15) is 41.0 Å². The van der Waals surface area contributed by atoms with E-state index in [0.29, 0.717) is 15.8 Å². The Labute approximate surface area is 254 Å². The van der Waals surface area contributed by atoms with Crippen molar-refractivity contribution in [3.63, 3.8) is 0 Å². The van der Waals surface area contributed by atoms with Gasteiger partial charge < -0.3 is 14.7 Å². The van der Waals surface area contributed by atoms with Gasteiger partial charge in [-0.25, -0.2) is 0 Å². The average Bonchev–Trinajstić information content (AvgIpc) is 3.33. The van der Waals surface area contributed by atoms with Crippen molar-refractivity contribution in [2.24, 2.45) is 17.3 Å². The first-order valence-electron chi connectivity index (χ1n) is 13.4. The smallest absolute Gasteiger partial charge is 0.433 e. The van der Waals surface area contributed by atoms with E-state index in [1.165, 1.54) is 0 Å². The molecule has 0 aliphatic heterocycles. The van der Waals surface area contributed by atoms with Crippen LogP contribution >= 0.6 is 23.2 Å². The number of alkyl halides is 6. The molecule has 8 nitrogen and oxygen atoms in total. The van der Waals surface area contributed by atoms with Gasteiger partial charge in [0.05, 0.1) is 58.4 Å². The van der Waals surface area contributed by atoms with Crippen LogP contribution in [0.5, 0.6) is 0 Å². The number of aliphatic hydroxyl groups is 1. The number of aromatic nitrogens is 3. The summed E-state index contributed by atoms with van der Waals surface area (Å²) in [5.74, 6) is -2.76. The van der Waals surface area contributed by atoms with E-state index in [4.69, 9.17) is 27.9 Å². The van der Waals surface area contributed by atoms with Crippen LogP contribution in [0.25, 0.3) is 0 Å². The van der Waals surface area contributed by atoms with Crippen molar-refractivity contribution in [2.75, 3.05) is 19.7 Å². The maximum absolute atomic E-state index is 14.5. The van der Waals surface area contributed by atoms with Crippen molar-refractivity contribution >= 4 is 35.1 Å². The zero-order valence-electron chi connectivity index (χ0n) is 23.8. The van der Waals surface area contributed by atoms with Crippen LogP contribution in [-0.4, -0.2) is 62.5 Å². The lowest BCUT2D eigenvalue weighted by Gasteiger charge is -2.36. The Morgan fingerprint density at radius 1 is 1.12 bits per heavy atom. The summed E-state index contributed by atoms with van der Waals surface area (Å²) < 4.78 is 90.8. The lowest BCUT2D eigenvalue weighted by atomic mass is 9.78. The largest absolute Gasteiger partial charge is 0.466 e. The van der Waals surface area contributed by atoms with Crippen molar-refractivity contribution in [1.82, 2.24) is 19.7 Å². The molecule has 1 aliphatic carbocycles. The fourth-order valence-electron chi connectivity index (χ4n) is 5.26. The van der Waals surface area contributed by atoms with E-state index in [1.807, 2.05) is 0 Å².